The van der Waals surface area contributed by atoms with Crippen molar-refractivity contribution in [1.29, 1.82) is 0 Å². The molecule has 1 aromatic heterocycles. The summed E-state index contributed by atoms with van der Waals surface area (Å²) in [5, 5.41) is 2.15. The number of benzene rings is 2. The first kappa shape index (κ1) is 20.5. The summed E-state index contributed by atoms with van der Waals surface area (Å²) >= 11 is 1.83. The number of alkyl halides is 3. The zero-order valence-electron chi connectivity index (χ0n) is 13.1. The fourth-order valence-corrected chi connectivity index (χ4v) is 5.25. The molecule has 0 atom stereocenters. The number of hydrogen-bond acceptors (Lipinski definition) is 4. The highest BCUT2D eigenvalue weighted by atomic mass is 32.2. The second-order valence-corrected chi connectivity index (χ2v) is 9.34. The Kier molecular flexibility index (Phi) is 6.87. The van der Waals surface area contributed by atoms with Gasteiger partial charge in [-0.2, -0.15) is 13.2 Å². The first-order valence-electron chi connectivity index (χ1n) is 7.10. The van der Waals surface area contributed by atoms with Crippen LogP contribution in [0.25, 0.3) is 0 Å². The maximum Gasteiger partial charge on any atom is 0.485 e. The molecule has 0 spiro atoms. The number of halogens is 3. The molecule has 138 valence electrons. The number of hydrogen-bond donors (Lipinski definition) is 0. The normalized spacial score (nSPS) is 11.7. The zero-order chi connectivity index (χ0) is 19.2. The Balaban J connectivity index is 0.000000260. The van der Waals surface area contributed by atoms with Gasteiger partial charge in [0.25, 0.3) is 0 Å². The van der Waals surface area contributed by atoms with Gasteiger partial charge in [0.05, 0.1) is 0 Å². The van der Waals surface area contributed by atoms with Crippen LogP contribution in [-0.4, -0.2) is 18.5 Å². The van der Waals surface area contributed by atoms with Crippen molar-refractivity contribution >= 4 is 32.3 Å². The standard InChI is InChI=1S/C16H13S2.CHF3O3S/c1-3-8-14(9-4-1)18(16-12-7-13-17-16)15-10-5-2-6-11-15;2-1(3,4)8(5,6)7/h1-13H;(H,5,6,7)/q+1;/p-1. The third kappa shape index (κ3) is 5.60. The summed E-state index contributed by atoms with van der Waals surface area (Å²) in [6.45, 7) is 0. The molecule has 3 rings (SSSR count). The lowest BCUT2D eigenvalue weighted by Gasteiger charge is -2.08. The molecule has 0 aliphatic rings. The minimum Gasteiger partial charge on any atom is -0.741 e. The molecule has 3 nitrogen and oxygen atoms in total. The molecule has 1 heterocycles. The Morgan fingerprint density at radius 2 is 1.23 bits per heavy atom. The molecule has 26 heavy (non-hydrogen) atoms. The van der Waals surface area contributed by atoms with E-state index in [2.05, 4.69) is 78.2 Å². The van der Waals surface area contributed by atoms with Gasteiger partial charge in [0.1, 0.15) is 10.9 Å². The van der Waals surface area contributed by atoms with E-state index in [1.807, 2.05) is 11.3 Å². The SMILES string of the molecule is O=S(=O)([O-])C(F)(F)F.c1ccc([S+](c2ccccc2)c2cccs2)cc1. The molecule has 0 bridgehead atoms. The Hall–Kier alpha value is -1.81. The Labute approximate surface area is 156 Å². The lowest BCUT2D eigenvalue weighted by atomic mass is 10.4. The molecule has 2 aromatic carbocycles. The lowest BCUT2D eigenvalue weighted by molar-refractivity contribution is -0.0517. The van der Waals surface area contributed by atoms with Crippen molar-refractivity contribution in [3.05, 3.63) is 78.2 Å². The summed E-state index contributed by atoms with van der Waals surface area (Å²) in [7, 11) is -6.06. The molecule has 0 fully saturated rings. The average Bonchev–Trinajstić information content (AvgIpc) is 3.10. The molecule has 0 amide bonds. The summed E-state index contributed by atoms with van der Waals surface area (Å²) in [5.74, 6) is 0. The number of rotatable bonds is 3. The molecule has 0 aliphatic carbocycles. The van der Waals surface area contributed by atoms with E-state index < -0.39 is 15.6 Å². The van der Waals surface area contributed by atoms with Gasteiger partial charge in [-0.1, -0.05) is 47.7 Å². The summed E-state index contributed by atoms with van der Waals surface area (Å²) in [4.78, 5) is 2.76. The molecule has 0 aliphatic heterocycles. The Morgan fingerprint density at radius 3 is 1.54 bits per heavy atom. The highest BCUT2D eigenvalue weighted by Crippen LogP contribution is 2.33. The quantitative estimate of drug-likeness (QED) is 0.346. The van der Waals surface area contributed by atoms with Crippen molar-refractivity contribution in [2.24, 2.45) is 0 Å². The van der Waals surface area contributed by atoms with Crippen LogP contribution in [-0.2, 0) is 21.0 Å². The van der Waals surface area contributed by atoms with Crippen LogP contribution in [0.5, 0.6) is 0 Å². The van der Waals surface area contributed by atoms with Gasteiger partial charge in [-0.15, -0.1) is 0 Å². The first-order valence-corrected chi connectivity index (χ1v) is 10.6. The highest BCUT2D eigenvalue weighted by molar-refractivity contribution is 7.98. The highest BCUT2D eigenvalue weighted by Gasteiger charge is 2.37. The summed E-state index contributed by atoms with van der Waals surface area (Å²) in [5.41, 5.74) is -5.65. The molecule has 0 saturated carbocycles. The van der Waals surface area contributed by atoms with E-state index in [9.17, 15) is 13.2 Å². The second kappa shape index (κ2) is 8.72. The van der Waals surface area contributed by atoms with Gasteiger partial charge < -0.3 is 4.55 Å². The molecule has 3 aromatic rings. The zero-order valence-corrected chi connectivity index (χ0v) is 15.5. The lowest BCUT2D eigenvalue weighted by Crippen LogP contribution is -2.21. The van der Waals surface area contributed by atoms with Gasteiger partial charge in [0.2, 0.25) is 4.21 Å². The topological polar surface area (TPSA) is 57.2 Å². The van der Waals surface area contributed by atoms with Crippen LogP contribution in [0.1, 0.15) is 0 Å². The van der Waals surface area contributed by atoms with Crippen molar-refractivity contribution in [1.82, 2.24) is 0 Å². The fourth-order valence-electron chi connectivity index (χ4n) is 1.86. The van der Waals surface area contributed by atoms with Crippen LogP contribution in [0.3, 0.4) is 0 Å². The maximum atomic E-state index is 10.7. The van der Waals surface area contributed by atoms with Crippen molar-refractivity contribution in [2.45, 2.75) is 19.5 Å². The molecule has 9 heteroatoms. The van der Waals surface area contributed by atoms with Crippen LogP contribution in [0, 0.1) is 0 Å². The van der Waals surface area contributed by atoms with Crippen molar-refractivity contribution < 1.29 is 26.1 Å². The van der Waals surface area contributed by atoms with Gasteiger partial charge in [-0.3, -0.25) is 0 Å². The minimum atomic E-state index is -6.09. The van der Waals surface area contributed by atoms with Crippen LogP contribution >= 0.6 is 11.3 Å². The summed E-state index contributed by atoms with van der Waals surface area (Å²) < 4.78 is 60.3. The van der Waals surface area contributed by atoms with E-state index in [1.54, 1.807) is 0 Å². The predicted molar refractivity (Wildman–Crippen MR) is 95.1 cm³/mol. The third-order valence-corrected chi connectivity index (χ3v) is 6.98. The van der Waals surface area contributed by atoms with Crippen LogP contribution < -0.4 is 0 Å². The third-order valence-electron chi connectivity index (χ3n) is 2.94. The van der Waals surface area contributed by atoms with E-state index in [1.165, 1.54) is 14.0 Å². The molecular formula is C17H13F3O3S3. The van der Waals surface area contributed by atoms with E-state index in [0.29, 0.717) is 0 Å². The average molecular weight is 418 g/mol. The van der Waals surface area contributed by atoms with Gasteiger partial charge in [0.15, 0.2) is 19.9 Å². The Bertz CT molecular complexity index is 855. The predicted octanol–water partition coefficient (Wildman–Crippen LogP) is 4.89. The molecular weight excluding hydrogens is 405 g/mol. The summed E-state index contributed by atoms with van der Waals surface area (Å²) in [6.07, 6.45) is 0. The smallest absolute Gasteiger partial charge is 0.485 e. The van der Waals surface area contributed by atoms with E-state index in [-0.39, 0.29) is 10.9 Å². The van der Waals surface area contributed by atoms with Crippen molar-refractivity contribution in [3.8, 4) is 0 Å². The maximum absolute atomic E-state index is 10.7. The van der Waals surface area contributed by atoms with Gasteiger partial charge in [-0.05, 0) is 35.7 Å². The van der Waals surface area contributed by atoms with Crippen molar-refractivity contribution in [3.63, 3.8) is 0 Å². The molecule has 0 saturated heterocycles. The molecule has 0 N–H and O–H groups in total. The van der Waals surface area contributed by atoms with Crippen LogP contribution in [0.4, 0.5) is 13.2 Å². The van der Waals surface area contributed by atoms with Crippen molar-refractivity contribution in [2.75, 3.05) is 0 Å². The van der Waals surface area contributed by atoms with E-state index in [0.717, 1.165) is 0 Å². The summed E-state index contributed by atoms with van der Waals surface area (Å²) in [6, 6.07) is 25.8. The Morgan fingerprint density at radius 1 is 0.808 bits per heavy atom. The molecule has 0 unspecified atom stereocenters. The largest absolute Gasteiger partial charge is 0.741 e. The van der Waals surface area contributed by atoms with Crippen LogP contribution in [0.15, 0.2) is 92.2 Å². The van der Waals surface area contributed by atoms with Gasteiger partial charge >= 0.3 is 5.51 Å². The minimum absolute atomic E-state index is 0.0350. The number of thiophene rings is 1. The first-order chi connectivity index (χ1) is 12.2. The van der Waals surface area contributed by atoms with Gasteiger partial charge in [-0.25, -0.2) is 8.42 Å². The molecule has 0 radical (unpaired) electrons. The monoisotopic (exact) mass is 418 g/mol. The van der Waals surface area contributed by atoms with Crippen LogP contribution in [0.2, 0.25) is 0 Å². The fraction of sp³-hybridized carbons (Fsp3) is 0.0588. The second-order valence-electron chi connectivity index (χ2n) is 4.76. The van der Waals surface area contributed by atoms with E-state index in [4.69, 9.17) is 13.0 Å². The van der Waals surface area contributed by atoms with Gasteiger partial charge in [0, 0.05) is 6.07 Å². The van der Waals surface area contributed by atoms with E-state index >= 15 is 0 Å².